The second-order valence-corrected chi connectivity index (χ2v) is 7.91. The lowest BCUT2D eigenvalue weighted by molar-refractivity contribution is -0.643. The van der Waals surface area contributed by atoms with E-state index in [1.54, 1.807) is 0 Å². The van der Waals surface area contributed by atoms with Gasteiger partial charge in [-0.3, -0.25) is 0 Å². The molecule has 2 heteroatoms. The minimum absolute atomic E-state index is 1.29. The number of nitrogens with zero attached hydrogens (tertiary/aromatic N) is 2. The minimum atomic E-state index is 1.29. The fourth-order valence-electron chi connectivity index (χ4n) is 5.06. The monoisotopic (exact) mass is 349 g/mol. The van der Waals surface area contributed by atoms with Crippen molar-refractivity contribution in [1.82, 2.24) is 4.40 Å². The Morgan fingerprint density at radius 1 is 0.778 bits per heavy atom. The van der Waals surface area contributed by atoms with Gasteiger partial charge in [0.15, 0.2) is 6.20 Å². The molecule has 130 valence electrons. The molecule has 0 radical (unpaired) electrons. The average Bonchev–Trinajstić information content (AvgIpc) is 2.99. The third-order valence-electron chi connectivity index (χ3n) is 6.42. The summed E-state index contributed by atoms with van der Waals surface area (Å²) >= 11 is 0. The first-order chi connectivity index (χ1) is 13.1. The highest BCUT2D eigenvalue weighted by Crippen LogP contribution is 2.42. The Bertz CT molecular complexity index is 1550. The Kier molecular flexibility index (Phi) is 2.65. The number of benzene rings is 3. The topological polar surface area (TPSA) is 8.29 Å². The van der Waals surface area contributed by atoms with E-state index in [4.69, 9.17) is 0 Å². The van der Waals surface area contributed by atoms with E-state index in [0.29, 0.717) is 0 Å². The van der Waals surface area contributed by atoms with Crippen molar-refractivity contribution in [1.29, 1.82) is 0 Å². The maximum Gasteiger partial charge on any atom is 0.224 e. The predicted octanol–water partition coefficient (Wildman–Crippen LogP) is 5.74. The molecule has 0 saturated carbocycles. The number of hydrogen-bond donors (Lipinski definition) is 0. The number of fused-ring (bicyclic) bond motifs is 5. The van der Waals surface area contributed by atoms with Crippen LogP contribution in [0.2, 0.25) is 0 Å². The molecule has 2 nitrogen and oxygen atoms in total. The molecule has 0 spiro atoms. The van der Waals surface area contributed by atoms with Crippen LogP contribution in [-0.4, -0.2) is 4.40 Å². The molecule has 3 aromatic carbocycles. The van der Waals surface area contributed by atoms with Crippen molar-refractivity contribution in [3.63, 3.8) is 0 Å². The van der Waals surface area contributed by atoms with Crippen LogP contribution in [0, 0.1) is 20.8 Å². The van der Waals surface area contributed by atoms with Crippen LogP contribution in [0.5, 0.6) is 0 Å². The van der Waals surface area contributed by atoms with Gasteiger partial charge in [0.2, 0.25) is 5.52 Å². The molecule has 27 heavy (non-hydrogen) atoms. The van der Waals surface area contributed by atoms with Crippen molar-refractivity contribution in [3.8, 4) is 0 Å². The zero-order valence-electron chi connectivity index (χ0n) is 16.1. The summed E-state index contributed by atoms with van der Waals surface area (Å²) in [5.41, 5.74) is 9.36. The molecule has 0 saturated heterocycles. The normalized spacial score (nSPS) is 12.4. The summed E-state index contributed by atoms with van der Waals surface area (Å²) in [5, 5.41) is 6.78. The maximum absolute atomic E-state index is 2.49. The molecule has 0 fully saturated rings. The summed E-state index contributed by atoms with van der Waals surface area (Å²) in [6, 6.07) is 18.0. The molecular formula is C25H21N2+. The first-order valence-corrected chi connectivity index (χ1v) is 9.54. The molecule has 0 aliphatic carbocycles. The van der Waals surface area contributed by atoms with Gasteiger partial charge in [0.05, 0.1) is 27.3 Å². The number of hydrogen-bond acceptors (Lipinski definition) is 0. The summed E-state index contributed by atoms with van der Waals surface area (Å²) in [4.78, 5) is 0. The summed E-state index contributed by atoms with van der Waals surface area (Å²) in [6.07, 6.45) is 2.19. The molecule has 3 aromatic heterocycles. The lowest BCUT2D eigenvalue weighted by atomic mass is 9.96. The molecule has 0 amide bonds. The molecule has 6 rings (SSSR count). The van der Waals surface area contributed by atoms with Crippen LogP contribution in [0.1, 0.15) is 16.7 Å². The van der Waals surface area contributed by atoms with Gasteiger partial charge in [0.25, 0.3) is 0 Å². The van der Waals surface area contributed by atoms with Crippen LogP contribution in [0.15, 0.2) is 54.7 Å². The summed E-state index contributed by atoms with van der Waals surface area (Å²) in [7, 11) is 2.17. The van der Waals surface area contributed by atoms with E-state index >= 15 is 0 Å². The van der Waals surface area contributed by atoms with Crippen LogP contribution < -0.4 is 4.57 Å². The predicted molar refractivity (Wildman–Crippen MR) is 114 cm³/mol. The van der Waals surface area contributed by atoms with Gasteiger partial charge in [-0.05, 0) is 61.0 Å². The zero-order valence-corrected chi connectivity index (χ0v) is 16.1. The SMILES string of the molecule is Cc1cc2c3c(C)cccc3n3c4cccc5cc[n+](C)c(c(c1C)c23)c54. The highest BCUT2D eigenvalue weighted by molar-refractivity contribution is 6.26. The Balaban J connectivity index is 2.18. The van der Waals surface area contributed by atoms with Gasteiger partial charge in [-0.2, -0.15) is 0 Å². The van der Waals surface area contributed by atoms with Crippen LogP contribution in [-0.2, 0) is 7.05 Å². The van der Waals surface area contributed by atoms with E-state index in [2.05, 4.69) is 91.5 Å². The van der Waals surface area contributed by atoms with Gasteiger partial charge in [-0.1, -0.05) is 24.3 Å². The fourth-order valence-corrected chi connectivity index (χ4v) is 5.06. The molecule has 0 N–H and O–H groups in total. The van der Waals surface area contributed by atoms with Crippen LogP contribution in [0.25, 0.3) is 49.0 Å². The largest absolute Gasteiger partial charge is 0.307 e. The summed E-state index contributed by atoms with van der Waals surface area (Å²) in [5.74, 6) is 0. The third-order valence-corrected chi connectivity index (χ3v) is 6.42. The lowest BCUT2D eigenvalue weighted by Gasteiger charge is -2.13. The minimum Gasteiger partial charge on any atom is -0.307 e. The van der Waals surface area contributed by atoms with Crippen molar-refractivity contribution in [2.75, 3.05) is 0 Å². The fraction of sp³-hybridized carbons (Fsp3) is 0.160. The number of aromatic nitrogens is 2. The Morgan fingerprint density at radius 2 is 1.52 bits per heavy atom. The van der Waals surface area contributed by atoms with Gasteiger partial charge in [0, 0.05) is 16.8 Å². The van der Waals surface area contributed by atoms with E-state index in [9.17, 15) is 0 Å². The zero-order chi connectivity index (χ0) is 18.4. The maximum atomic E-state index is 2.49. The molecule has 0 unspecified atom stereocenters. The highest BCUT2D eigenvalue weighted by Gasteiger charge is 2.24. The van der Waals surface area contributed by atoms with Crippen molar-refractivity contribution >= 4 is 49.0 Å². The van der Waals surface area contributed by atoms with E-state index < -0.39 is 0 Å². The molecule has 6 aromatic rings. The Labute approximate surface area is 157 Å². The molecule has 0 atom stereocenters. The van der Waals surface area contributed by atoms with E-state index in [0.717, 1.165) is 0 Å². The van der Waals surface area contributed by atoms with Gasteiger partial charge >= 0.3 is 0 Å². The van der Waals surface area contributed by atoms with Gasteiger partial charge < -0.3 is 4.40 Å². The first kappa shape index (κ1) is 15.0. The van der Waals surface area contributed by atoms with Crippen LogP contribution in [0.3, 0.4) is 0 Å². The quantitative estimate of drug-likeness (QED) is 0.188. The number of pyridine rings is 2. The van der Waals surface area contributed by atoms with Crippen LogP contribution >= 0.6 is 0 Å². The summed E-state index contributed by atoms with van der Waals surface area (Å²) in [6.45, 7) is 6.74. The second kappa shape index (κ2) is 4.77. The molecular weight excluding hydrogens is 328 g/mol. The first-order valence-electron chi connectivity index (χ1n) is 9.54. The van der Waals surface area contributed by atoms with Gasteiger partial charge in [0.1, 0.15) is 7.05 Å². The van der Waals surface area contributed by atoms with E-state index in [1.807, 2.05) is 0 Å². The molecule has 0 aliphatic rings. The third kappa shape index (κ3) is 1.64. The van der Waals surface area contributed by atoms with Crippen molar-refractivity contribution < 1.29 is 4.57 Å². The average molecular weight is 349 g/mol. The number of aryl methyl sites for hydroxylation is 4. The molecule has 3 heterocycles. The lowest BCUT2D eigenvalue weighted by Crippen LogP contribution is -2.29. The highest BCUT2D eigenvalue weighted by atomic mass is 15.0. The van der Waals surface area contributed by atoms with Crippen LogP contribution in [0.4, 0.5) is 0 Å². The van der Waals surface area contributed by atoms with E-state index in [-0.39, 0.29) is 0 Å². The second-order valence-electron chi connectivity index (χ2n) is 7.91. The number of rotatable bonds is 0. The van der Waals surface area contributed by atoms with Crippen molar-refractivity contribution in [3.05, 3.63) is 71.4 Å². The molecule has 0 bridgehead atoms. The smallest absolute Gasteiger partial charge is 0.224 e. The van der Waals surface area contributed by atoms with E-state index in [1.165, 1.54) is 65.7 Å². The van der Waals surface area contributed by atoms with Crippen molar-refractivity contribution in [2.45, 2.75) is 20.8 Å². The van der Waals surface area contributed by atoms with Crippen molar-refractivity contribution in [2.24, 2.45) is 7.05 Å². The Morgan fingerprint density at radius 3 is 2.33 bits per heavy atom. The Hall–Kier alpha value is -3.13. The standard InChI is InChI=1S/C25H21N2/c1-14-7-5-9-19-21(14)18-13-15(2)16(3)22-24(18)27(19)20-10-6-8-17-11-12-26(4)25(22)23(17)20/h5-13H,1-4H3/q+1. The molecule has 0 aliphatic heterocycles. The van der Waals surface area contributed by atoms with Gasteiger partial charge in [-0.25, -0.2) is 4.57 Å². The summed E-state index contributed by atoms with van der Waals surface area (Å²) < 4.78 is 4.79. The van der Waals surface area contributed by atoms with Gasteiger partial charge in [-0.15, -0.1) is 0 Å².